The molecule has 0 radical (unpaired) electrons. The van der Waals surface area contributed by atoms with Crippen LogP contribution in [0.2, 0.25) is 0 Å². The Hall–Kier alpha value is -2.50. The van der Waals surface area contributed by atoms with Gasteiger partial charge in [0.2, 0.25) is 10.0 Å². The van der Waals surface area contributed by atoms with Crippen LogP contribution < -0.4 is 5.32 Å². The Kier molecular flexibility index (Phi) is 7.21. The molecule has 1 atom stereocenters. The average molecular weight is 515 g/mol. The minimum absolute atomic E-state index is 0.0611. The Bertz CT molecular complexity index is 1210. The van der Waals surface area contributed by atoms with E-state index in [0.717, 1.165) is 25.0 Å². The quantitative estimate of drug-likeness (QED) is 0.438. The summed E-state index contributed by atoms with van der Waals surface area (Å²) in [5.41, 5.74) is -1.61. The highest BCUT2D eigenvalue weighted by Crippen LogP contribution is 2.45. The van der Waals surface area contributed by atoms with Crippen molar-refractivity contribution in [1.29, 1.82) is 0 Å². The van der Waals surface area contributed by atoms with E-state index in [9.17, 15) is 35.9 Å². The molecular formula is C24H26F4N2O4S. The number of sulfonamides is 1. The fourth-order valence-electron chi connectivity index (χ4n) is 4.56. The minimum Gasteiger partial charge on any atom is -0.390 e. The Morgan fingerprint density at radius 3 is 2.37 bits per heavy atom. The molecule has 1 amide bonds. The Morgan fingerprint density at radius 1 is 1.06 bits per heavy atom. The molecule has 1 heterocycles. The third kappa shape index (κ3) is 5.36. The van der Waals surface area contributed by atoms with Gasteiger partial charge in [-0.05, 0) is 56.6 Å². The number of hydrogen-bond donors (Lipinski definition) is 2. The maximum absolute atomic E-state index is 13.7. The SMILES string of the molecule is O=C(Nc1cc(F)c(F)c(F)c1)c1ccc(CF)c(S(=O)(=O)N2CCCCC(O)(C3CC3)CC2)c1. The second-order valence-corrected chi connectivity index (χ2v) is 11.1. The van der Waals surface area contributed by atoms with Gasteiger partial charge in [-0.15, -0.1) is 0 Å². The molecule has 1 saturated carbocycles. The second kappa shape index (κ2) is 9.87. The first-order valence-electron chi connectivity index (χ1n) is 11.4. The summed E-state index contributed by atoms with van der Waals surface area (Å²) in [6.45, 7) is -0.838. The zero-order valence-corrected chi connectivity index (χ0v) is 19.7. The van der Waals surface area contributed by atoms with Crippen LogP contribution in [-0.4, -0.2) is 42.4 Å². The van der Waals surface area contributed by atoms with Gasteiger partial charge in [0.15, 0.2) is 17.5 Å². The zero-order chi connectivity index (χ0) is 25.4. The third-order valence-electron chi connectivity index (χ3n) is 6.73. The molecule has 190 valence electrons. The van der Waals surface area contributed by atoms with Crippen molar-refractivity contribution < 1.29 is 35.9 Å². The van der Waals surface area contributed by atoms with Crippen molar-refractivity contribution in [2.24, 2.45) is 5.92 Å². The van der Waals surface area contributed by atoms with Gasteiger partial charge in [0.05, 0.1) is 10.5 Å². The van der Waals surface area contributed by atoms with E-state index < -0.39 is 45.7 Å². The van der Waals surface area contributed by atoms with Crippen molar-refractivity contribution in [2.45, 2.75) is 55.7 Å². The molecule has 6 nitrogen and oxygen atoms in total. The van der Waals surface area contributed by atoms with Crippen LogP contribution in [0.15, 0.2) is 35.2 Å². The van der Waals surface area contributed by atoms with Crippen molar-refractivity contribution in [3.05, 3.63) is 58.9 Å². The van der Waals surface area contributed by atoms with Crippen LogP contribution in [0.4, 0.5) is 23.2 Å². The molecule has 1 aliphatic carbocycles. The zero-order valence-electron chi connectivity index (χ0n) is 18.9. The summed E-state index contributed by atoms with van der Waals surface area (Å²) in [5, 5.41) is 13.2. The molecule has 2 fully saturated rings. The average Bonchev–Trinajstić information content (AvgIpc) is 3.65. The smallest absolute Gasteiger partial charge is 0.255 e. The Labute approximate surface area is 201 Å². The number of benzene rings is 2. The van der Waals surface area contributed by atoms with E-state index in [0.29, 0.717) is 31.4 Å². The maximum atomic E-state index is 13.7. The standard InChI is InChI=1S/C24H26F4N2O4S/c25-14-16-4-3-15(23(31)29-18-12-19(26)22(28)20(27)13-18)11-21(16)35(33,34)30-9-2-1-7-24(32,8-10-30)17-5-6-17/h3-4,11-13,17,32H,1-2,5-10,14H2,(H,29,31). The highest BCUT2D eigenvalue weighted by atomic mass is 32.2. The van der Waals surface area contributed by atoms with E-state index in [1.807, 2.05) is 0 Å². The molecule has 1 unspecified atom stereocenters. The molecule has 2 aromatic rings. The second-order valence-electron chi connectivity index (χ2n) is 9.15. The van der Waals surface area contributed by atoms with Gasteiger partial charge >= 0.3 is 0 Å². The van der Waals surface area contributed by atoms with Crippen molar-refractivity contribution in [3.63, 3.8) is 0 Å². The Balaban J connectivity index is 1.60. The number of nitrogens with zero attached hydrogens (tertiary/aromatic N) is 1. The lowest BCUT2D eigenvalue weighted by Gasteiger charge is -2.34. The first-order chi connectivity index (χ1) is 16.5. The largest absolute Gasteiger partial charge is 0.390 e. The van der Waals surface area contributed by atoms with E-state index >= 15 is 0 Å². The van der Waals surface area contributed by atoms with E-state index in [1.165, 1.54) is 10.4 Å². The number of nitrogens with one attached hydrogen (secondary N) is 1. The number of aliphatic hydroxyl groups is 1. The lowest BCUT2D eigenvalue weighted by atomic mass is 9.87. The number of amides is 1. The fraction of sp³-hybridized carbons (Fsp3) is 0.458. The molecule has 0 bridgehead atoms. The summed E-state index contributed by atoms with van der Waals surface area (Å²) in [7, 11) is -4.22. The number of rotatable bonds is 6. The van der Waals surface area contributed by atoms with E-state index in [2.05, 4.69) is 5.32 Å². The van der Waals surface area contributed by atoms with Crippen LogP contribution in [0.25, 0.3) is 0 Å². The van der Waals surface area contributed by atoms with Gasteiger partial charge in [0.1, 0.15) is 6.67 Å². The highest BCUT2D eigenvalue weighted by molar-refractivity contribution is 7.89. The van der Waals surface area contributed by atoms with Gasteiger partial charge in [-0.2, -0.15) is 4.31 Å². The number of alkyl halides is 1. The maximum Gasteiger partial charge on any atom is 0.255 e. The molecule has 11 heteroatoms. The van der Waals surface area contributed by atoms with Gasteiger partial charge in [-0.1, -0.05) is 6.07 Å². The van der Waals surface area contributed by atoms with Crippen molar-refractivity contribution in [2.75, 3.05) is 18.4 Å². The molecule has 4 rings (SSSR count). The lowest BCUT2D eigenvalue weighted by Crippen LogP contribution is -2.42. The number of carbonyl (C=O) groups excluding carboxylic acids is 1. The van der Waals surface area contributed by atoms with E-state index in [1.54, 1.807) is 0 Å². The van der Waals surface area contributed by atoms with Gasteiger partial charge < -0.3 is 10.4 Å². The predicted molar refractivity (Wildman–Crippen MR) is 120 cm³/mol. The molecule has 1 saturated heterocycles. The molecule has 0 aromatic heterocycles. The molecule has 2 aliphatic rings. The summed E-state index contributed by atoms with van der Waals surface area (Å²) >= 11 is 0. The number of halogens is 4. The first-order valence-corrected chi connectivity index (χ1v) is 12.9. The monoisotopic (exact) mass is 514 g/mol. The highest BCUT2D eigenvalue weighted by Gasteiger charge is 2.44. The first kappa shape index (κ1) is 25.6. The summed E-state index contributed by atoms with van der Waals surface area (Å²) < 4.78 is 82.1. The summed E-state index contributed by atoms with van der Waals surface area (Å²) in [5.74, 6) is -5.43. The topological polar surface area (TPSA) is 86.7 Å². The van der Waals surface area contributed by atoms with Crippen LogP contribution >= 0.6 is 0 Å². The third-order valence-corrected chi connectivity index (χ3v) is 8.71. The summed E-state index contributed by atoms with van der Waals surface area (Å²) in [6, 6.07) is 4.55. The molecule has 2 aromatic carbocycles. The fourth-order valence-corrected chi connectivity index (χ4v) is 6.27. The predicted octanol–water partition coefficient (Wildman–Crippen LogP) is 4.53. The van der Waals surface area contributed by atoms with Gasteiger partial charge in [0, 0.05) is 42.0 Å². The van der Waals surface area contributed by atoms with Gasteiger partial charge in [-0.25, -0.2) is 26.0 Å². The van der Waals surface area contributed by atoms with Crippen molar-refractivity contribution in [3.8, 4) is 0 Å². The molecular weight excluding hydrogens is 488 g/mol. The van der Waals surface area contributed by atoms with Crippen molar-refractivity contribution >= 4 is 21.6 Å². The molecule has 1 aliphatic heterocycles. The summed E-state index contributed by atoms with van der Waals surface area (Å²) in [6.07, 6.45) is 3.89. The lowest BCUT2D eigenvalue weighted by molar-refractivity contribution is -0.0100. The summed E-state index contributed by atoms with van der Waals surface area (Å²) in [4.78, 5) is 12.3. The van der Waals surface area contributed by atoms with E-state index in [-0.39, 0.29) is 47.1 Å². The molecule has 0 spiro atoms. The number of anilines is 1. The number of hydrogen-bond acceptors (Lipinski definition) is 4. The normalized spacial score (nSPS) is 21.9. The van der Waals surface area contributed by atoms with Crippen LogP contribution in [-0.2, 0) is 16.7 Å². The molecule has 2 N–H and O–H groups in total. The van der Waals surface area contributed by atoms with Crippen LogP contribution in [0.5, 0.6) is 0 Å². The van der Waals surface area contributed by atoms with Gasteiger partial charge in [-0.3, -0.25) is 4.79 Å². The van der Waals surface area contributed by atoms with Crippen LogP contribution in [0.3, 0.4) is 0 Å². The molecule has 35 heavy (non-hydrogen) atoms. The van der Waals surface area contributed by atoms with Crippen LogP contribution in [0.1, 0.15) is 54.4 Å². The minimum atomic E-state index is -4.22. The Morgan fingerprint density at radius 2 is 1.74 bits per heavy atom. The van der Waals surface area contributed by atoms with Crippen LogP contribution in [0, 0.1) is 23.4 Å². The number of carbonyl (C=O) groups is 1. The van der Waals surface area contributed by atoms with Gasteiger partial charge in [0.25, 0.3) is 5.91 Å². The van der Waals surface area contributed by atoms with Crippen molar-refractivity contribution in [1.82, 2.24) is 4.31 Å². The van der Waals surface area contributed by atoms with E-state index in [4.69, 9.17) is 0 Å².